The summed E-state index contributed by atoms with van der Waals surface area (Å²) in [6.45, 7) is 1.40. The van der Waals surface area contributed by atoms with Crippen molar-refractivity contribution in [1.29, 1.82) is 0 Å². The molecule has 2 N–H and O–H groups in total. The first-order valence-corrected chi connectivity index (χ1v) is 13.4. The molecule has 0 aliphatic carbocycles. The van der Waals surface area contributed by atoms with E-state index in [-0.39, 0.29) is 37.7 Å². The van der Waals surface area contributed by atoms with Crippen molar-refractivity contribution >= 4 is 11.9 Å². The number of likely N-dealkylation sites (N-methyl/N-ethyl adjacent to an activating group) is 1. The van der Waals surface area contributed by atoms with Gasteiger partial charge in [0.1, 0.15) is 11.2 Å². The molecular weight excluding hydrogens is 527 g/mol. The van der Waals surface area contributed by atoms with E-state index in [1.165, 1.54) is 18.0 Å². The lowest BCUT2D eigenvalue weighted by Crippen LogP contribution is -2.53. The van der Waals surface area contributed by atoms with Gasteiger partial charge in [-0.3, -0.25) is 14.5 Å². The molecule has 212 valence electrons. The smallest absolute Gasteiger partial charge is 0.319 e. The monoisotopic (exact) mass is 558 g/mol. The Kier molecular flexibility index (Phi) is 8.23. The van der Waals surface area contributed by atoms with Gasteiger partial charge in [0.25, 0.3) is 5.89 Å². The Balaban J connectivity index is 1.22. The summed E-state index contributed by atoms with van der Waals surface area (Å²) >= 11 is 0. The van der Waals surface area contributed by atoms with Crippen LogP contribution >= 0.6 is 0 Å². The Labute approximate surface area is 236 Å². The number of amides is 1. The van der Waals surface area contributed by atoms with Crippen LogP contribution < -0.4 is 0 Å². The largest absolute Gasteiger partial charge is 0.480 e. The van der Waals surface area contributed by atoms with Gasteiger partial charge in [0.15, 0.2) is 0 Å². The molecule has 1 fully saturated rings. The number of aliphatic hydroxyl groups is 1. The normalized spacial score (nSPS) is 15.0. The topological polar surface area (TPSA) is 120 Å². The van der Waals surface area contributed by atoms with Gasteiger partial charge in [-0.1, -0.05) is 65.8 Å². The summed E-state index contributed by atoms with van der Waals surface area (Å²) in [5.74, 6) is -1.36. The number of aliphatic hydroxyl groups excluding tert-OH is 1. The minimum Gasteiger partial charge on any atom is -0.480 e. The van der Waals surface area contributed by atoms with E-state index in [0.717, 1.165) is 16.7 Å². The fourth-order valence-corrected chi connectivity index (χ4v) is 5.20. The number of aromatic nitrogens is 2. The van der Waals surface area contributed by atoms with E-state index in [1.807, 2.05) is 54.6 Å². The highest BCUT2D eigenvalue weighted by Gasteiger charge is 2.49. The third kappa shape index (κ3) is 5.89. The van der Waals surface area contributed by atoms with Crippen molar-refractivity contribution in [2.24, 2.45) is 5.41 Å². The molecular formula is C31H31FN4O5. The number of carbonyl (C=O) groups excluding carboxylic acids is 1. The molecule has 10 heteroatoms. The minimum absolute atomic E-state index is 0.100. The molecule has 0 radical (unpaired) electrons. The van der Waals surface area contributed by atoms with Crippen molar-refractivity contribution in [2.45, 2.75) is 19.4 Å². The van der Waals surface area contributed by atoms with Crippen LogP contribution in [0.25, 0.3) is 34.0 Å². The predicted octanol–water partition coefficient (Wildman–Crippen LogP) is 4.33. The van der Waals surface area contributed by atoms with E-state index >= 15 is 0 Å². The second kappa shape index (κ2) is 12.0. The lowest BCUT2D eigenvalue weighted by Gasteiger charge is -2.39. The molecule has 0 atom stereocenters. The fraction of sp³-hybridized carbons (Fsp3) is 0.290. The van der Waals surface area contributed by atoms with Gasteiger partial charge >= 0.3 is 5.97 Å². The molecule has 4 aromatic rings. The van der Waals surface area contributed by atoms with Crippen LogP contribution in [-0.4, -0.2) is 75.3 Å². The number of piperidine rings is 1. The van der Waals surface area contributed by atoms with E-state index in [4.69, 9.17) is 9.63 Å². The molecule has 1 aliphatic heterocycles. The van der Waals surface area contributed by atoms with Crippen LogP contribution in [0.2, 0.25) is 0 Å². The summed E-state index contributed by atoms with van der Waals surface area (Å²) < 4.78 is 20.2. The molecule has 0 bridgehead atoms. The SMILES string of the molecule is CN(CCO)C(=O)C1(C(=O)O)CCN(Cc2ccc(-c3noc(-c4ccc(-c5ccccc5)c(F)c4)n3)cc2)CC1. The van der Waals surface area contributed by atoms with Gasteiger partial charge < -0.3 is 19.6 Å². The van der Waals surface area contributed by atoms with Gasteiger partial charge in [0.2, 0.25) is 11.7 Å². The molecule has 0 unspecified atom stereocenters. The number of carboxylic acids is 1. The number of hydrogen-bond acceptors (Lipinski definition) is 7. The Bertz CT molecular complexity index is 1520. The maximum Gasteiger partial charge on any atom is 0.319 e. The molecule has 1 amide bonds. The predicted molar refractivity (Wildman–Crippen MR) is 150 cm³/mol. The quantitative estimate of drug-likeness (QED) is 0.292. The van der Waals surface area contributed by atoms with E-state index in [1.54, 1.807) is 12.1 Å². The molecule has 5 rings (SSSR count). The number of carboxylic acid groups (broad SMARTS) is 1. The Morgan fingerprint density at radius 2 is 1.68 bits per heavy atom. The summed E-state index contributed by atoms with van der Waals surface area (Å²) in [5, 5.41) is 23.1. The van der Waals surface area contributed by atoms with Gasteiger partial charge in [-0.2, -0.15) is 4.98 Å². The van der Waals surface area contributed by atoms with E-state index in [2.05, 4.69) is 15.0 Å². The summed E-state index contributed by atoms with van der Waals surface area (Å²) in [6.07, 6.45) is 0.404. The van der Waals surface area contributed by atoms with Crippen molar-refractivity contribution in [3.63, 3.8) is 0 Å². The number of likely N-dealkylation sites (tertiary alicyclic amines) is 1. The fourth-order valence-electron chi connectivity index (χ4n) is 5.20. The molecule has 1 aromatic heterocycles. The first-order valence-electron chi connectivity index (χ1n) is 13.4. The summed E-state index contributed by atoms with van der Waals surface area (Å²) in [7, 11) is 1.52. The van der Waals surface area contributed by atoms with Crippen molar-refractivity contribution < 1.29 is 28.7 Å². The molecule has 1 saturated heterocycles. The van der Waals surface area contributed by atoms with E-state index < -0.39 is 17.3 Å². The van der Waals surface area contributed by atoms with Crippen LogP contribution in [0.3, 0.4) is 0 Å². The van der Waals surface area contributed by atoms with E-state index in [9.17, 15) is 19.1 Å². The third-order valence-corrected chi connectivity index (χ3v) is 7.66. The lowest BCUT2D eigenvalue weighted by atomic mass is 9.77. The van der Waals surface area contributed by atoms with Crippen molar-refractivity contribution in [3.05, 3.63) is 84.2 Å². The zero-order chi connectivity index (χ0) is 29.0. The molecule has 2 heterocycles. The molecule has 0 saturated carbocycles. The van der Waals surface area contributed by atoms with Crippen molar-refractivity contribution in [3.8, 4) is 34.0 Å². The van der Waals surface area contributed by atoms with E-state index in [0.29, 0.717) is 36.6 Å². The second-order valence-corrected chi connectivity index (χ2v) is 10.3. The average molecular weight is 559 g/mol. The number of nitrogens with zero attached hydrogens (tertiary/aromatic N) is 4. The Morgan fingerprint density at radius 3 is 2.32 bits per heavy atom. The maximum absolute atomic E-state index is 14.8. The van der Waals surface area contributed by atoms with Crippen molar-refractivity contribution in [2.75, 3.05) is 33.3 Å². The highest BCUT2D eigenvalue weighted by atomic mass is 19.1. The maximum atomic E-state index is 14.8. The zero-order valence-corrected chi connectivity index (χ0v) is 22.7. The molecule has 0 spiro atoms. The standard InChI is InChI=1S/C31H31FN4O5/c1-35(17-18-37)29(38)31(30(39)40)13-15-36(16-14-31)20-21-7-9-23(10-8-21)27-33-28(41-34-27)24-11-12-25(26(32)19-24)22-5-3-2-4-6-22/h2-12,19,37H,13-18,20H2,1H3,(H,39,40). The summed E-state index contributed by atoms with van der Waals surface area (Å²) in [4.78, 5) is 32.8. The van der Waals surface area contributed by atoms with Gasteiger partial charge in [-0.25, -0.2) is 4.39 Å². The van der Waals surface area contributed by atoms with Crippen LogP contribution in [0.5, 0.6) is 0 Å². The number of benzene rings is 3. The first kappa shape index (κ1) is 28.1. The van der Waals surface area contributed by atoms with Crippen LogP contribution in [-0.2, 0) is 16.1 Å². The number of halogens is 1. The number of rotatable bonds is 9. The highest BCUT2D eigenvalue weighted by Crippen LogP contribution is 2.35. The number of hydrogen-bond donors (Lipinski definition) is 2. The summed E-state index contributed by atoms with van der Waals surface area (Å²) in [6, 6.07) is 21.8. The number of carbonyl (C=O) groups is 2. The van der Waals surface area contributed by atoms with Crippen molar-refractivity contribution in [1.82, 2.24) is 19.9 Å². The zero-order valence-electron chi connectivity index (χ0n) is 22.7. The minimum atomic E-state index is -1.47. The molecule has 1 aliphatic rings. The van der Waals surface area contributed by atoms with Crippen LogP contribution in [0.4, 0.5) is 4.39 Å². The Morgan fingerprint density at radius 1 is 1.00 bits per heavy atom. The number of aliphatic carboxylic acids is 1. The molecule has 3 aromatic carbocycles. The Hall–Kier alpha value is -4.41. The third-order valence-electron chi connectivity index (χ3n) is 7.66. The summed E-state index contributed by atoms with van der Waals surface area (Å²) in [5.41, 5.74) is 2.06. The van der Waals surface area contributed by atoms with Gasteiger partial charge in [-0.05, 0) is 36.1 Å². The highest BCUT2D eigenvalue weighted by molar-refractivity contribution is 6.02. The van der Waals surface area contributed by atoms with Gasteiger partial charge in [0.05, 0.1) is 6.61 Å². The van der Waals surface area contributed by atoms with Crippen LogP contribution in [0, 0.1) is 11.2 Å². The molecule has 9 nitrogen and oxygen atoms in total. The second-order valence-electron chi connectivity index (χ2n) is 10.3. The molecule has 41 heavy (non-hydrogen) atoms. The van der Waals surface area contributed by atoms with Gasteiger partial charge in [-0.15, -0.1) is 0 Å². The van der Waals surface area contributed by atoms with Crippen LogP contribution in [0.15, 0.2) is 77.3 Å². The lowest BCUT2D eigenvalue weighted by molar-refractivity contribution is -0.164. The average Bonchev–Trinajstić information content (AvgIpc) is 3.48. The van der Waals surface area contributed by atoms with Crippen LogP contribution in [0.1, 0.15) is 18.4 Å². The first-order chi connectivity index (χ1) is 19.8. The van der Waals surface area contributed by atoms with Gasteiger partial charge in [0, 0.05) is 49.9 Å².